The van der Waals surface area contributed by atoms with E-state index in [1.807, 2.05) is 32.0 Å². The van der Waals surface area contributed by atoms with Crippen molar-refractivity contribution >= 4 is 29.4 Å². The Kier molecular flexibility index (Phi) is 8.31. The monoisotopic (exact) mass is 549 g/mol. The zero-order chi connectivity index (χ0) is 28.3. The SMILES string of the molecule is Cc1cc(C[C@H]2CN(C(=O)Oc3ccccc3)CC2C(=O)c2ccc(Cl)cc2)cc(C)c1OC(C)(C)C(=O)O. The Hall–Kier alpha value is -3.84. The van der Waals surface area contributed by atoms with Crippen molar-refractivity contribution in [3.05, 3.63) is 94.0 Å². The molecule has 1 heterocycles. The average Bonchev–Trinajstić information content (AvgIpc) is 3.30. The second kappa shape index (κ2) is 11.5. The lowest BCUT2D eigenvalue weighted by atomic mass is 9.84. The number of rotatable bonds is 8. The molecule has 3 aromatic rings. The minimum absolute atomic E-state index is 0.0525. The van der Waals surface area contributed by atoms with Gasteiger partial charge in [-0.25, -0.2) is 9.59 Å². The molecule has 39 heavy (non-hydrogen) atoms. The standard InChI is InChI=1S/C31H32ClNO6/c1-19-14-21(15-20(2)28(19)39-31(3,4)29(35)36)16-23-17-33(30(37)38-25-8-6-5-7-9-25)18-26(23)27(34)22-10-12-24(32)13-11-22/h5-15,23,26H,16-18H2,1-4H3,(H,35,36)/t23-,26?/m0/s1. The molecule has 1 aliphatic rings. The van der Waals surface area contributed by atoms with Gasteiger partial charge in [0.05, 0.1) is 0 Å². The molecule has 1 amide bonds. The Morgan fingerprint density at radius 3 is 2.18 bits per heavy atom. The first-order valence-electron chi connectivity index (χ1n) is 12.8. The fraction of sp³-hybridized carbons (Fsp3) is 0.323. The summed E-state index contributed by atoms with van der Waals surface area (Å²) >= 11 is 6.03. The molecule has 0 radical (unpaired) electrons. The normalized spacial score (nSPS) is 17.1. The second-order valence-electron chi connectivity index (χ2n) is 10.5. The number of benzene rings is 3. The number of carbonyl (C=O) groups is 3. The molecule has 1 fully saturated rings. The van der Waals surface area contributed by atoms with Crippen molar-refractivity contribution in [2.45, 2.75) is 39.7 Å². The van der Waals surface area contributed by atoms with Crippen LogP contribution in [0, 0.1) is 25.7 Å². The molecule has 4 rings (SSSR count). The molecule has 8 heteroatoms. The van der Waals surface area contributed by atoms with Gasteiger partial charge in [-0.15, -0.1) is 0 Å². The molecule has 3 aromatic carbocycles. The van der Waals surface area contributed by atoms with Crippen molar-refractivity contribution in [3.63, 3.8) is 0 Å². The van der Waals surface area contributed by atoms with Gasteiger partial charge < -0.3 is 19.5 Å². The number of likely N-dealkylation sites (tertiary alicyclic amines) is 1. The summed E-state index contributed by atoms with van der Waals surface area (Å²) in [5.74, 6) is -0.725. The number of aryl methyl sites for hydroxylation is 2. The summed E-state index contributed by atoms with van der Waals surface area (Å²) in [5, 5.41) is 10.0. The van der Waals surface area contributed by atoms with Crippen molar-refractivity contribution in [1.29, 1.82) is 0 Å². The predicted octanol–water partition coefficient (Wildman–Crippen LogP) is 6.37. The molecular formula is C31H32ClNO6. The fourth-order valence-corrected chi connectivity index (χ4v) is 5.05. The molecule has 7 nitrogen and oxygen atoms in total. The number of nitrogens with zero attached hydrogens (tertiary/aromatic N) is 1. The smallest absolute Gasteiger partial charge is 0.415 e. The molecule has 0 spiro atoms. The number of ether oxygens (including phenoxy) is 2. The van der Waals surface area contributed by atoms with Gasteiger partial charge in [0.25, 0.3) is 0 Å². The fourth-order valence-electron chi connectivity index (χ4n) is 4.93. The summed E-state index contributed by atoms with van der Waals surface area (Å²) in [6, 6.07) is 19.5. The minimum atomic E-state index is -1.38. The minimum Gasteiger partial charge on any atom is -0.478 e. The van der Waals surface area contributed by atoms with Gasteiger partial charge in [-0.2, -0.15) is 0 Å². The van der Waals surface area contributed by atoms with Gasteiger partial charge >= 0.3 is 12.1 Å². The van der Waals surface area contributed by atoms with Crippen LogP contribution in [0.5, 0.6) is 11.5 Å². The molecule has 0 bridgehead atoms. The first-order chi connectivity index (χ1) is 18.4. The maximum absolute atomic E-state index is 13.6. The number of carbonyl (C=O) groups excluding carboxylic acids is 2. The van der Waals surface area contributed by atoms with Gasteiger partial charge in [-0.05, 0) is 93.1 Å². The van der Waals surface area contributed by atoms with Crippen molar-refractivity contribution in [2.24, 2.45) is 11.8 Å². The van der Waals surface area contributed by atoms with Crippen LogP contribution in [0.3, 0.4) is 0 Å². The van der Waals surface area contributed by atoms with E-state index in [-0.39, 0.29) is 18.2 Å². The molecule has 2 atom stereocenters. The number of aliphatic carboxylic acids is 1. The van der Waals surface area contributed by atoms with Crippen LogP contribution >= 0.6 is 11.6 Å². The summed E-state index contributed by atoms with van der Waals surface area (Å²) in [5.41, 5.74) is 1.75. The number of carboxylic acids is 1. The van der Waals surface area contributed by atoms with Crippen LogP contribution in [0.4, 0.5) is 4.79 Å². The van der Waals surface area contributed by atoms with E-state index in [0.29, 0.717) is 35.1 Å². The third-order valence-electron chi connectivity index (χ3n) is 7.00. The highest BCUT2D eigenvalue weighted by Crippen LogP contribution is 2.34. The molecule has 0 aromatic heterocycles. The van der Waals surface area contributed by atoms with E-state index in [4.69, 9.17) is 21.1 Å². The molecule has 1 N–H and O–H groups in total. The van der Waals surface area contributed by atoms with Crippen molar-refractivity contribution in [2.75, 3.05) is 13.1 Å². The lowest BCUT2D eigenvalue weighted by Crippen LogP contribution is -2.38. The molecule has 204 valence electrons. The van der Waals surface area contributed by atoms with E-state index in [1.165, 1.54) is 13.8 Å². The number of Topliss-reactive ketones (excluding diaryl/α,β-unsaturated/α-hetero) is 1. The third-order valence-corrected chi connectivity index (χ3v) is 7.26. The molecule has 0 saturated carbocycles. The van der Waals surface area contributed by atoms with Crippen LogP contribution in [0.25, 0.3) is 0 Å². The van der Waals surface area contributed by atoms with Crippen LogP contribution in [0.15, 0.2) is 66.7 Å². The lowest BCUT2D eigenvalue weighted by Gasteiger charge is -2.25. The quantitative estimate of drug-likeness (QED) is 0.328. The molecule has 0 aliphatic carbocycles. The summed E-state index contributed by atoms with van der Waals surface area (Å²) in [6.07, 6.45) is 0.0493. The van der Waals surface area contributed by atoms with Crippen LogP contribution in [0.2, 0.25) is 5.02 Å². The summed E-state index contributed by atoms with van der Waals surface area (Å²) in [7, 11) is 0. The Morgan fingerprint density at radius 1 is 0.974 bits per heavy atom. The summed E-state index contributed by atoms with van der Waals surface area (Å²) in [6.45, 7) is 7.37. The third kappa shape index (κ3) is 6.60. The van der Waals surface area contributed by atoms with E-state index in [1.54, 1.807) is 53.4 Å². The number of para-hydroxylation sites is 1. The summed E-state index contributed by atoms with van der Waals surface area (Å²) < 4.78 is 11.4. The van der Waals surface area contributed by atoms with E-state index < -0.39 is 23.6 Å². The summed E-state index contributed by atoms with van der Waals surface area (Å²) in [4.78, 5) is 39.8. The van der Waals surface area contributed by atoms with E-state index in [9.17, 15) is 19.5 Å². The van der Waals surface area contributed by atoms with Gasteiger partial charge in [0.15, 0.2) is 11.4 Å². The highest BCUT2D eigenvalue weighted by molar-refractivity contribution is 6.30. The first-order valence-corrected chi connectivity index (χ1v) is 13.2. The Bertz CT molecular complexity index is 1350. The number of hydrogen-bond acceptors (Lipinski definition) is 5. The largest absolute Gasteiger partial charge is 0.478 e. The van der Waals surface area contributed by atoms with Gasteiger partial charge in [-0.1, -0.05) is 41.9 Å². The van der Waals surface area contributed by atoms with Gasteiger partial charge in [0.1, 0.15) is 11.5 Å². The predicted molar refractivity (Wildman–Crippen MR) is 149 cm³/mol. The number of halogens is 1. The zero-order valence-corrected chi connectivity index (χ0v) is 23.2. The van der Waals surface area contributed by atoms with Crippen LogP contribution in [-0.2, 0) is 11.2 Å². The zero-order valence-electron chi connectivity index (χ0n) is 22.4. The van der Waals surface area contributed by atoms with E-state index in [0.717, 1.165) is 16.7 Å². The highest BCUT2D eigenvalue weighted by Gasteiger charge is 2.40. The second-order valence-corrected chi connectivity index (χ2v) is 10.9. The Balaban J connectivity index is 1.58. The van der Waals surface area contributed by atoms with Gasteiger partial charge in [0.2, 0.25) is 0 Å². The number of carboxylic acid groups (broad SMARTS) is 1. The Morgan fingerprint density at radius 2 is 1.59 bits per heavy atom. The number of amides is 1. The maximum atomic E-state index is 13.6. The Labute approximate surface area is 233 Å². The maximum Gasteiger partial charge on any atom is 0.415 e. The number of hydrogen-bond donors (Lipinski definition) is 1. The molecule has 1 saturated heterocycles. The van der Waals surface area contributed by atoms with E-state index >= 15 is 0 Å². The van der Waals surface area contributed by atoms with E-state index in [2.05, 4.69) is 0 Å². The molecule has 1 unspecified atom stereocenters. The number of ketones is 1. The van der Waals surface area contributed by atoms with Crippen LogP contribution < -0.4 is 9.47 Å². The molecule has 1 aliphatic heterocycles. The van der Waals surface area contributed by atoms with Gasteiger partial charge in [0, 0.05) is 29.6 Å². The molecular weight excluding hydrogens is 518 g/mol. The highest BCUT2D eigenvalue weighted by atomic mass is 35.5. The topological polar surface area (TPSA) is 93.1 Å². The average molecular weight is 550 g/mol. The van der Waals surface area contributed by atoms with Crippen molar-refractivity contribution in [1.82, 2.24) is 4.90 Å². The van der Waals surface area contributed by atoms with Gasteiger partial charge in [-0.3, -0.25) is 4.79 Å². The van der Waals surface area contributed by atoms with Crippen molar-refractivity contribution in [3.8, 4) is 11.5 Å². The van der Waals surface area contributed by atoms with Crippen LogP contribution in [0.1, 0.15) is 40.9 Å². The van der Waals surface area contributed by atoms with Crippen LogP contribution in [-0.4, -0.2) is 46.5 Å². The van der Waals surface area contributed by atoms with Crippen molar-refractivity contribution < 1.29 is 29.0 Å². The first kappa shape index (κ1) is 28.2. The lowest BCUT2D eigenvalue weighted by molar-refractivity contribution is -0.152.